The van der Waals surface area contributed by atoms with Gasteiger partial charge >= 0.3 is 0 Å². The molecule has 0 saturated heterocycles. The van der Waals surface area contributed by atoms with Gasteiger partial charge in [0.25, 0.3) is 5.91 Å². The number of aryl methyl sites for hydroxylation is 2. The van der Waals surface area contributed by atoms with Gasteiger partial charge in [-0.25, -0.2) is 9.78 Å². The largest absolute Gasteiger partial charge is 0.291 e. The van der Waals surface area contributed by atoms with Crippen LogP contribution in [0.3, 0.4) is 0 Å². The molecule has 2 aromatic heterocycles. The predicted molar refractivity (Wildman–Crippen MR) is 77.4 cm³/mol. The SMILES string of the molecule is Cc1cc(C)n(-c2ccc(C(=O)Nc3ncn[nH]3)cc2)n1. The Morgan fingerprint density at radius 2 is 2.00 bits per heavy atom. The first-order valence-corrected chi connectivity index (χ1v) is 6.44. The van der Waals surface area contributed by atoms with Crippen molar-refractivity contribution in [3.05, 3.63) is 53.6 Å². The van der Waals surface area contributed by atoms with Crippen molar-refractivity contribution >= 4 is 11.9 Å². The van der Waals surface area contributed by atoms with E-state index >= 15 is 0 Å². The lowest BCUT2D eigenvalue weighted by Gasteiger charge is -2.06. The first-order chi connectivity index (χ1) is 10.1. The number of anilines is 1. The zero-order valence-electron chi connectivity index (χ0n) is 11.7. The Morgan fingerprint density at radius 1 is 1.24 bits per heavy atom. The minimum absolute atomic E-state index is 0.244. The molecule has 0 radical (unpaired) electrons. The molecule has 0 atom stereocenters. The van der Waals surface area contributed by atoms with Gasteiger partial charge in [0.05, 0.1) is 11.4 Å². The van der Waals surface area contributed by atoms with Gasteiger partial charge in [0, 0.05) is 11.3 Å². The van der Waals surface area contributed by atoms with Gasteiger partial charge in [-0.05, 0) is 44.2 Å². The first-order valence-electron chi connectivity index (χ1n) is 6.44. The summed E-state index contributed by atoms with van der Waals surface area (Å²) in [5, 5.41) is 13.3. The smallest absolute Gasteiger partial charge is 0.258 e. The molecule has 0 fully saturated rings. The molecule has 1 amide bonds. The molecule has 106 valence electrons. The second-order valence-corrected chi connectivity index (χ2v) is 4.67. The molecule has 0 aliphatic rings. The minimum atomic E-state index is -0.244. The molecule has 7 nitrogen and oxygen atoms in total. The molecular weight excluding hydrogens is 268 g/mol. The van der Waals surface area contributed by atoms with E-state index in [-0.39, 0.29) is 5.91 Å². The number of carbonyl (C=O) groups excluding carboxylic acids is 1. The molecule has 0 bridgehead atoms. The Morgan fingerprint density at radius 3 is 2.57 bits per heavy atom. The number of carbonyl (C=O) groups is 1. The van der Waals surface area contributed by atoms with Gasteiger partial charge in [0.1, 0.15) is 6.33 Å². The topological polar surface area (TPSA) is 88.5 Å². The summed E-state index contributed by atoms with van der Waals surface area (Å²) in [5.74, 6) is 0.0780. The van der Waals surface area contributed by atoms with E-state index in [1.807, 2.05) is 36.7 Å². The fourth-order valence-electron chi connectivity index (χ4n) is 2.09. The van der Waals surface area contributed by atoms with Crippen LogP contribution in [0.15, 0.2) is 36.7 Å². The van der Waals surface area contributed by atoms with Crippen LogP contribution < -0.4 is 5.32 Å². The highest BCUT2D eigenvalue weighted by molar-refractivity contribution is 6.03. The summed E-state index contributed by atoms with van der Waals surface area (Å²) in [6, 6.07) is 9.21. The molecule has 0 unspecified atom stereocenters. The number of nitrogens with zero attached hydrogens (tertiary/aromatic N) is 4. The number of hydrogen-bond acceptors (Lipinski definition) is 4. The van der Waals surface area contributed by atoms with Crippen molar-refractivity contribution in [3.63, 3.8) is 0 Å². The number of H-pyrrole nitrogens is 1. The second kappa shape index (κ2) is 5.20. The molecule has 0 spiro atoms. The Bertz CT molecular complexity index is 757. The lowest BCUT2D eigenvalue weighted by atomic mass is 10.2. The molecule has 0 aliphatic heterocycles. The maximum Gasteiger partial charge on any atom is 0.258 e. The van der Waals surface area contributed by atoms with E-state index in [2.05, 4.69) is 25.6 Å². The van der Waals surface area contributed by atoms with Gasteiger partial charge in [0.15, 0.2) is 0 Å². The first kappa shape index (κ1) is 13.0. The summed E-state index contributed by atoms with van der Waals surface area (Å²) in [5.41, 5.74) is 3.46. The molecular formula is C14H14N6O. The van der Waals surface area contributed by atoms with Crippen molar-refractivity contribution in [2.24, 2.45) is 0 Å². The maximum absolute atomic E-state index is 12.0. The van der Waals surface area contributed by atoms with Gasteiger partial charge in [-0.3, -0.25) is 10.1 Å². The number of hydrogen-bond donors (Lipinski definition) is 2. The Hall–Kier alpha value is -2.96. The summed E-state index contributed by atoms with van der Waals surface area (Å²) >= 11 is 0. The zero-order valence-corrected chi connectivity index (χ0v) is 11.7. The van der Waals surface area contributed by atoms with Crippen molar-refractivity contribution in [2.45, 2.75) is 13.8 Å². The number of benzene rings is 1. The molecule has 1 aromatic carbocycles. The van der Waals surface area contributed by atoms with Crippen molar-refractivity contribution in [3.8, 4) is 5.69 Å². The van der Waals surface area contributed by atoms with Gasteiger partial charge in [-0.15, -0.1) is 0 Å². The van der Waals surface area contributed by atoms with Crippen LogP contribution in [0.5, 0.6) is 0 Å². The van der Waals surface area contributed by atoms with Crippen LogP contribution in [0.1, 0.15) is 21.7 Å². The van der Waals surface area contributed by atoms with Crippen LogP contribution in [0.4, 0.5) is 5.95 Å². The van der Waals surface area contributed by atoms with Gasteiger partial charge in [0.2, 0.25) is 5.95 Å². The number of aromatic nitrogens is 5. The number of aromatic amines is 1. The van der Waals surface area contributed by atoms with E-state index in [0.717, 1.165) is 17.1 Å². The third kappa shape index (κ3) is 2.66. The minimum Gasteiger partial charge on any atom is -0.291 e. The highest BCUT2D eigenvalue weighted by Gasteiger charge is 2.09. The zero-order chi connectivity index (χ0) is 14.8. The van der Waals surface area contributed by atoms with Crippen molar-refractivity contribution in [2.75, 3.05) is 5.32 Å². The van der Waals surface area contributed by atoms with E-state index in [9.17, 15) is 4.79 Å². The molecule has 2 heterocycles. The van der Waals surface area contributed by atoms with Crippen molar-refractivity contribution < 1.29 is 4.79 Å². The fraction of sp³-hybridized carbons (Fsp3) is 0.143. The Labute approximate surface area is 121 Å². The molecule has 3 rings (SSSR count). The fourth-order valence-corrected chi connectivity index (χ4v) is 2.09. The normalized spacial score (nSPS) is 10.6. The summed E-state index contributed by atoms with van der Waals surface area (Å²) in [4.78, 5) is 15.9. The van der Waals surface area contributed by atoms with Crippen molar-refractivity contribution in [1.82, 2.24) is 25.0 Å². The van der Waals surface area contributed by atoms with Gasteiger partial charge < -0.3 is 0 Å². The van der Waals surface area contributed by atoms with Crippen LogP contribution in [0.25, 0.3) is 5.69 Å². The maximum atomic E-state index is 12.0. The van der Waals surface area contributed by atoms with E-state index in [1.54, 1.807) is 12.1 Å². The average molecular weight is 282 g/mol. The summed E-state index contributed by atoms with van der Waals surface area (Å²) in [6.07, 6.45) is 1.33. The predicted octanol–water partition coefficient (Wildman–Crippen LogP) is 1.86. The Balaban J connectivity index is 1.81. The quantitative estimate of drug-likeness (QED) is 0.767. The van der Waals surface area contributed by atoms with Crippen LogP contribution in [-0.2, 0) is 0 Å². The monoisotopic (exact) mass is 282 g/mol. The lowest BCUT2D eigenvalue weighted by molar-refractivity contribution is 0.102. The molecule has 0 saturated carbocycles. The third-order valence-electron chi connectivity index (χ3n) is 3.03. The number of rotatable bonds is 3. The number of nitrogens with one attached hydrogen (secondary N) is 2. The highest BCUT2D eigenvalue weighted by Crippen LogP contribution is 2.13. The molecule has 3 aromatic rings. The van der Waals surface area contributed by atoms with Crippen molar-refractivity contribution in [1.29, 1.82) is 0 Å². The van der Waals surface area contributed by atoms with E-state index < -0.39 is 0 Å². The Kier molecular flexibility index (Phi) is 3.23. The lowest BCUT2D eigenvalue weighted by Crippen LogP contribution is -2.13. The van der Waals surface area contributed by atoms with E-state index in [4.69, 9.17) is 0 Å². The molecule has 2 N–H and O–H groups in total. The van der Waals surface area contributed by atoms with Crippen LogP contribution in [-0.4, -0.2) is 30.9 Å². The third-order valence-corrected chi connectivity index (χ3v) is 3.03. The number of amides is 1. The second-order valence-electron chi connectivity index (χ2n) is 4.67. The summed E-state index contributed by atoms with van der Waals surface area (Å²) in [6.45, 7) is 3.94. The van der Waals surface area contributed by atoms with Gasteiger partial charge in [-0.2, -0.15) is 15.2 Å². The average Bonchev–Trinajstić information content (AvgIpc) is 3.08. The van der Waals surface area contributed by atoms with Crippen LogP contribution in [0, 0.1) is 13.8 Å². The summed E-state index contributed by atoms with van der Waals surface area (Å²) < 4.78 is 1.84. The van der Waals surface area contributed by atoms with Crippen LogP contribution in [0.2, 0.25) is 0 Å². The molecule has 7 heteroatoms. The molecule has 21 heavy (non-hydrogen) atoms. The van der Waals surface area contributed by atoms with Crippen LogP contribution >= 0.6 is 0 Å². The van der Waals surface area contributed by atoms with Gasteiger partial charge in [-0.1, -0.05) is 0 Å². The highest BCUT2D eigenvalue weighted by atomic mass is 16.1. The standard InChI is InChI=1S/C14H14N6O/c1-9-7-10(2)20(19-9)12-5-3-11(4-6-12)13(21)17-14-15-8-16-18-14/h3-8H,1-2H3,(H2,15,16,17,18,21). The summed E-state index contributed by atoms with van der Waals surface area (Å²) in [7, 11) is 0. The molecule has 0 aliphatic carbocycles. The van der Waals surface area contributed by atoms with E-state index in [0.29, 0.717) is 11.5 Å². The van der Waals surface area contributed by atoms with E-state index in [1.165, 1.54) is 6.33 Å².